The Morgan fingerprint density at radius 3 is 2.58 bits per heavy atom. The second-order valence-corrected chi connectivity index (χ2v) is 7.59. The van der Waals surface area contributed by atoms with Gasteiger partial charge in [0.2, 0.25) is 11.8 Å². The zero-order valence-electron chi connectivity index (χ0n) is 14.7. The van der Waals surface area contributed by atoms with Crippen LogP contribution < -0.4 is 11.1 Å². The van der Waals surface area contributed by atoms with E-state index in [-0.39, 0.29) is 17.7 Å². The van der Waals surface area contributed by atoms with Gasteiger partial charge in [-0.25, -0.2) is 4.79 Å². The third kappa shape index (κ3) is 5.98. The Morgan fingerprint density at radius 1 is 1.38 bits per heavy atom. The molecule has 0 spiro atoms. The molecular formula is C16H29N3O4S. The van der Waals surface area contributed by atoms with Crippen LogP contribution in [-0.4, -0.2) is 64.5 Å². The summed E-state index contributed by atoms with van der Waals surface area (Å²) in [6.07, 6.45) is 4.04. The van der Waals surface area contributed by atoms with Crippen molar-refractivity contribution >= 4 is 29.5 Å². The number of hydrogen-bond acceptors (Lipinski definition) is 5. The molecule has 1 heterocycles. The van der Waals surface area contributed by atoms with Crippen LogP contribution in [0, 0.1) is 5.92 Å². The topological polar surface area (TPSA) is 113 Å². The molecule has 1 aliphatic rings. The lowest BCUT2D eigenvalue weighted by atomic mass is 10.0. The van der Waals surface area contributed by atoms with Crippen molar-refractivity contribution in [1.82, 2.24) is 10.2 Å². The summed E-state index contributed by atoms with van der Waals surface area (Å²) < 4.78 is 0. The van der Waals surface area contributed by atoms with E-state index in [1.54, 1.807) is 11.8 Å². The van der Waals surface area contributed by atoms with Crippen LogP contribution in [0.5, 0.6) is 0 Å². The lowest BCUT2D eigenvalue weighted by Gasteiger charge is -2.28. The molecule has 0 bridgehead atoms. The largest absolute Gasteiger partial charge is 0.480 e. The van der Waals surface area contributed by atoms with Gasteiger partial charge in [-0.15, -0.1) is 0 Å². The Bertz CT molecular complexity index is 459. The van der Waals surface area contributed by atoms with Crippen LogP contribution in [-0.2, 0) is 14.4 Å². The summed E-state index contributed by atoms with van der Waals surface area (Å²) in [5.74, 6) is -0.691. The van der Waals surface area contributed by atoms with Gasteiger partial charge >= 0.3 is 5.97 Å². The number of rotatable bonds is 9. The summed E-state index contributed by atoms with van der Waals surface area (Å²) in [4.78, 5) is 37.7. The van der Waals surface area contributed by atoms with E-state index in [4.69, 9.17) is 5.73 Å². The van der Waals surface area contributed by atoms with E-state index in [0.717, 1.165) is 0 Å². The molecule has 3 unspecified atom stereocenters. The van der Waals surface area contributed by atoms with Crippen molar-refractivity contribution in [3.63, 3.8) is 0 Å². The van der Waals surface area contributed by atoms with Gasteiger partial charge in [0.25, 0.3) is 0 Å². The SMILES string of the molecule is CSCCC(NC(=O)C(N)CC(C)C)C(=O)N1CCCC1C(=O)O. The Labute approximate surface area is 147 Å². The number of nitrogens with zero attached hydrogens (tertiary/aromatic N) is 1. The van der Waals surface area contributed by atoms with Gasteiger partial charge in [0.15, 0.2) is 0 Å². The fourth-order valence-corrected chi connectivity index (χ4v) is 3.35. The third-order valence-corrected chi connectivity index (χ3v) is 4.75. The van der Waals surface area contributed by atoms with E-state index in [9.17, 15) is 19.5 Å². The Hall–Kier alpha value is -1.28. The molecule has 138 valence electrons. The number of thioether (sulfide) groups is 1. The molecule has 0 radical (unpaired) electrons. The first-order valence-corrected chi connectivity index (χ1v) is 9.75. The van der Waals surface area contributed by atoms with Gasteiger partial charge in [0, 0.05) is 6.54 Å². The van der Waals surface area contributed by atoms with Crippen LogP contribution in [0.2, 0.25) is 0 Å². The highest BCUT2D eigenvalue weighted by atomic mass is 32.2. The van der Waals surface area contributed by atoms with Crippen LogP contribution in [0.4, 0.5) is 0 Å². The molecular weight excluding hydrogens is 330 g/mol. The molecule has 0 aromatic rings. The number of likely N-dealkylation sites (tertiary alicyclic amines) is 1. The van der Waals surface area contributed by atoms with Crippen molar-refractivity contribution in [1.29, 1.82) is 0 Å². The number of carboxylic acid groups (broad SMARTS) is 1. The number of nitrogens with two attached hydrogens (primary N) is 1. The summed E-state index contributed by atoms with van der Waals surface area (Å²) >= 11 is 1.57. The molecule has 3 atom stereocenters. The van der Waals surface area contributed by atoms with Crippen LogP contribution >= 0.6 is 11.8 Å². The molecule has 0 aliphatic carbocycles. The average molecular weight is 359 g/mol. The second-order valence-electron chi connectivity index (χ2n) is 6.61. The second kappa shape index (κ2) is 9.88. The molecule has 2 amide bonds. The van der Waals surface area contributed by atoms with Crippen molar-refractivity contribution < 1.29 is 19.5 Å². The van der Waals surface area contributed by atoms with E-state index in [0.29, 0.717) is 38.0 Å². The molecule has 1 rings (SSSR count). The molecule has 0 saturated carbocycles. The average Bonchev–Trinajstić information content (AvgIpc) is 2.99. The highest BCUT2D eigenvalue weighted by Gasteiger charge is 2.37. The Balaban J connectivity index is 2.78. The van der Waals surface area contributed by atoms with E-state index in [1.807, 2.05) is 20.1 Å². The number of nitrogens with one attached hydrogen (secondary N) is 1. The summed E-state index contributed by atoms with van der Waals surface area (Å²) in [5, 5.41) is 12.0. The van der Waals surface area contributed by atoms with Gasteiger partial charge in [0.1, 0.15) is 12.1 Å². The van der Waals surface area contributed by atoms with Crippen molar-refractivity contribution in [3.8, 4) is 0 Å². The van der Waals surface area contributed by atoms with Crippen LogP contribution in [0.25, 0.3) is 0 Å². The quantitative estimate of drug-likeness (QED) is 0.558. The summed E-state index contributed by atoms with van der Waals surface area (Å²) in [5.41, 5.74) is 5.89. The van der Waals surface area contributed by atoms with Gasteiger partial charge in [-0.05, 0) is 43.6 Å². The van der Waals surface area contributed by atoms with Crippen molar-refractivity contribution in [3.05, 3.63) is 0 Å². The van der Waals surface area contributed by atoms with Gasteiger partial charge in [0.05, 0.1) is 6.04 Å². The van der Waals surface area contributed by atoms with Gasteiger partial charge < -0.3 is 21.1 Å². The monoisotopic (exact) mass is 359 g/mol. The van der Waals surface area contributed by atoms with Gasteiger partial charge in [-0.2, -0.15) is 11.8 Å². The molecule has 1 fully saturated rings. The Morgan fingerprint density at radius 2 is 2.04 bits per heavy atom. The van der Waals surface area contributed by atoms with Crippen LogP contribution in [0.3, 0.4) is 0 Å². The first kappa shape index (κ1) is 20.8. The fourth-order valence-electron chi connectivity index (χ4n) is 2.87. The van der Waals surface area contributed by atoms with Crippen molar-refractivity contribution in [2.75, 3.05) is 18.6 Å². The van der Waals surface area contributed by atoms with E-state index >= 15 is 0 Å². The normalized spacial score (nSPS) is 20.0. The lowest BCUT2D eigenvalue weighted by molar-refractivity contribution is -0.149. The maximum atomic E-state index is 12.7. The molecule has 24 heavy (non-hydrogen) atoms. The predicted octanol–water partition coefficient (Wildman–Crippen LogP) is 0.673. The first-order chi connectivity index (χ1) is 11.3. The number of carbonyl (C=O) groups excluding carboxylic acids is 2. The van der Waals surface area contributed by atoms with Crippen LogP contribution in [0.15, 0.2) is 0 Å². The maximum absolute atomic E-state index is 12.7. The van der Waals surface area contributed by atoms with E-state index < -0.39 is 24.1 Å². The van der Waals surface area contributed by atoms with Crippen LogP contribution in [0.1, 0.15) is 39.5 Å². The summed E-state index contributed by atoms with van der Waals surface area (Å²) in [6, 6.07) is -2.18. The standard InChI is InChI=1S/C16H29N3O4S/c1-10(2)9-11(17)14(20)18-12(6-8-24-3)15(21)19-7-4-5-13(19)16(22)23/h10-13H,4-9,17H2,1-3H3,(H,18,20)(H,22,23). The molecule has 4 N–H and O–H groups in total. The van der Waals surface area contributed by atoms with Gasteiger partial charge in [-0.3, -0.25) is 9.59 Å². The van der Waals surface area contributed by atoms with E-state index in [2.05, 4.69) is 5.32 Å². The summed E-state index contributed by atoms with van der Waals surface area (Å²) in [6.45, 7) is 4.37. The smallest absolute Gasteiger partial charge is 0.326 e. The van der Waals surface area contributed by atoms with Crippen molar-refractivity contribution in [2.24, 2.45) is 11.7 Å². The molecule has 8 heteroatoms. The molecule has 7 nitrogen and oxygen atoms in total. The Kier molecular flexibility index (Phi) is 8.55. The minimum atomic E-state index is -0.993. The number of carbonyl (C=O) groups is 3. The number of amides is 2. The maximum Gasteiger partial charge on any atom is 0.326 e. The highest BCUT2D eigenvalue weighted by Crippen LogP contribution is 2.19. The lowest BCUT2D eigenvalue weighted by Crippen LogP contribution is -2.54. The van der Waals surface area contributed by atoms with Crippen molar-refractivity contribution in [2.45, 2.75) is 57.7 Å². The van der Waals surface area contributed by atoms with Gasteiger partial charge in [-0.1, -0.05) is 13.8 Å². The highest BCUT2D eigenvalue weighted by molar-refractivity contribution is 7.98. The molecule has 0 aromatic carbocycles. The number of carboxylic acids is 1. The van der Waals surface area contributed by atoms with E-state index in [1.165, 1.54) is 4.90 Å². The minimum Gasteiger partial charge on any atom is -0.480 e. The summed E-state index contributed by atoms with van der Waals surface area (Å²) in [7, 11) is 0. The molecule has 1 saturated heterocycles. The third-order valence-electron chi connectivity index (χ3n) is 4.11. The predicted molar refractivity (Wildman–Crippen MR) is 94.7 cm³/mol. The number of aliphatic carboxylic acids is 1. The number of hydrogen-bond donors (Lipinski definition) is 3. The minimum absolute atomic E-state index is 0.279. The zero-order valence-corrected chi connectivity index (χ0v) is 15.5. The molecule has 1 aliphatic heterocycles. The zero-order chi connectivity index (χ0) is 18.3. The first-order valence-electron chi connectivity index (χ1n) is 8.36. The molecule has 0 aromatic heterocycles. The fraction of sp³-hybridized carbons (Fsp3) is 0.812.